The fraction of sp³-hybridized carbons (Fsp3) is 0.0526. The lowest BCUT2D eigenvalue weighted by Gasteiger charge is -1.98. The Balaban J connectivity index is 1.42. The fourth-order valence-electron chi connectivity index (χ4n) is 2.77. The van der Waals surface area contributed by atoms with Crippen LogP contribution in [0.3, 0.4) is 0 Å². The number of hydrogen-bond acceptors (Lipinski definition) is 8. The van der Waals surface area contributed by atoms with Crippen molar-refractivity contribution in [3.05, 3.63) is 77.0 Å². The number of benzene rings is 2. The van der Waals surface area contributed by atoms with E-state index in [1.165, 1.54) is 4.80 Å². The van der Waals surface area contributed by atoms with Crippen LogP contribution in [0.2, 0.25) is 0 Å². The van der Waals surface area contributed by atoms with Crippen LogP contribution in [0.4, 0.5) is 0 Å². The Hall–Kier alpha value is -4.14. The van der Waals surface area contributed by atoms with Gasteiger partial charge in [0.1, 0.15) is 17.7 Å². The molecule has 0 atom stereocenters. The van der Waals surface area contributed by atoms with Crippen molar-refractivity contribution in [2.45, 2.75) is 6.54 Å². The number of tetrazole rings is 1. The lowest BCUT2D eigenvalue weighted by Crippen LogP contribution is -2.04. The number of rotatable bonds is 4. The normalized spacial score (nSPS) is 11.1. The van der Waals surface area contributed by atoms with Crippen molar-refractivity contribution in [1.82, 2.24) is 30.4 Å². The highest BCUT2D eigenvalue weighted by Gasteiger charge is 2.16. The number of para-hydroxylation sites is 1. The third-order valence-corrected chi connectivity index (χ3v) is 4.10. The Morgan fingerprint density at radius 3 is 2.61 bits per heavy atom. The van der Waals surface area contributed by atoms with E-state index >= 15 is 0 Å². The van der Waals surface area contributed by atoms with Crippen LogP contribution in [0.5, 0.6) is 0 Å². The molecule has 28 heavy (non-hydrogen) atoms. The molecule has 3 aromatic heterocycles. The average molecular weight is 372 g/mol. The number of fused-ring (bicyclic) bond motifs is 1. The first-order chi connectivity index (χ1) is 13.8. The summed E-state index contributed by atoms with van der Waals surface area (Å²) in [5, 5.41) is 21.0. The first-order valence-electron chi connectivity index (χ1n) is 8.45. The Kier molecular flexibility index (Phi) is 3.75. The zero-order chi connectivity index (χ0) is 18.9. The quantitative estimate of drug-likeness (QED) is 0.442. The monoisotopic (exact) mass is 372 g/mol. The van der Waals surface area contributed by atoms with E-state index in [2.05, 4.69) is 25.6 Å². The summed E-state index contributed by atoms with van der Waals surface area (Å²) in [5.41, 5.74) is 1.01. The molecule has 0 saturated carbocycles. The van der Waals surface area contributed by atoms with Crippen LogP contribution in [-0.4, -0.2) is 30.4 Å². The molecule has 3 heterocycles. The minimum atomic E-state index is -0.542. The Morgan fingerprint density at radius 2 is 1.71 bits per heavy atom. The van der Waals surface area contributed by atoms with Gasteiger partial charge in [-0.25, -0.2) is 4.79 Å². The minimum Gasteiger partial charge on any atom is -0.422 e. The van der Waals surface area contributed by atoms with Crippen LogP contribution in [0.25, 0.3) is 33.8 Å². The summed E-state index contributed by atoms with van der Waals surface area (Å²) in [5.74, 6) is 0.827. The summed E-state index contributed by atoms with van der Waals surface area (Å²) in [6.45, 7) is 0.131. The van der Waals surface area contributed by atoms with E-state index in [9.17, 15) is 4.79 Å². The van der Waals surface area contributed by atoms with E-state index in [1.807, 2.05) is 42.5 Å². The third kappa shape index (κ3) is 2.94. The van der Waals surface area contributed by atoms with Crippen LogP contribution in [0, 0.1) is 0 Å². The van der Waals surface area contributed by atoms with Crippen LogP contribution in [-0.2, 0) is 6.54 Å². The van der Waals surface area contributed by atoms with E-state index in [0.29, 0.717) is 11.4 Å². The van der Waals surface area contributed by atoms with Gasteiger partial charge < -0.3 is 8.83 Å². The van der Waals surface area contributed by atoms with Crippen LogP contribution in [0.1, 0.15) is 5.89 Å². The van der Waals surface area contributed by atoms with Crippen molar-refractivity contribution in [1.29, 1.82) is 0 Å². The fourth-order valence-corrected chi connectivity index (χ4v) is 2.77. The molecule has 0 radical (unpaired) electrons. The van der Waals surface area contributed by atoms with Gasteiger partial charge in [0.25, 0.3) is 5.89 Å². The molecular weight excluding hydrogens is 360 g/mol. The van der Waals surface area contributed by atoms with Gasteiger partial charge in [-0.2, -0.15) is 4.80 Å². The summed E-state index contributed by atoms with van der Waals surface area (Å²) in [6, 6.07) is 18.4. The molecule has 0 amide bonds. The SMILES string of the molecule is O=c1oc2ccccc2cc1-c1nnc(Cn2nnc(-c3ccccc3)n2)o1. The highest BCUT2D eigenvalue weighted by Crippen LogP contribution is 2.20. The zero-order valence-electron chi connectivity index (χ0n) is 14.4. The van der Waals surface area contributed by atoms with E-state index in [1.54, 1.807) is 18.2 Å². The maximum absolute atomic E-state index is 12.2. The number of hydrogen-bond donors (Lipinski definition) is 0. The molecular formula is C19H12N6O3. The van der Waals surface area contributed by atoms with Gasteiger partial charge in [0, 0.05) is 10.9 Å². The van der Waals surface area contributed by atoms with Gasteiger partial charge in [0.05, 0.1) is 0 Å². The van der Waals surface area contributed by atoms with Crippen molar-refractivity contribution in [2.75, 3.05) is 0 Å². The van der Waals surface area contributed by atoms with Gasteiger partial charge in [0.15, 0.2) is 0 Å². The van der Waals surface area contributed by atoms with Crippen molar-refractivity contribution in [3.63, 3.8) is 0 Å². The molecule has 136 valence electrons. The first-order valence-corrected chi connectivity index (χ1v) is 8.45. The van der Waals surface area contributed by atoms with Crippen LogP contribution < -0.4 is 5.63 Å². The topological polar surface area (TPSA) is 113 Å². The molecule has 2 aromatic carbocycles. The van der Waals surface area contributed by atoms with Gasteiger partial charge in [-0.15, -0.1) is 20.4 Å². The Labute approximate surface area is 157 Å². The lowest BCUT2D eigenvalue weighted by molar-refractivity contribution is 0.445. The van der Waals surface area contributed by atoms with Crippen molar-refractivity contribution < 1.29 is 8.83 Å². The summed E-state index contributed by atoms with van der Waals surface area (Å²) in [7, 11) is 0. The predicted molar refractivity (Wildman–Crippen MR) is 98.1 cm³/mol. The molecule has 9 heteroatoms. The molecule has 0 saturated heterocycles. The Morgan fingerprint density at radius 1 is 0.893 bits per heavy atom. The third-order valence-electron chi connectivity index (χ3n) is 4.10. The van der Waals surface area contributed by atoms with Gasteiger partial charge in [-0.1, -0.05) is 48.5 Å². The summed E-state index contributed by atoms with van der Waals surface area (Å²) in [4.78, 5) is 13.6. The van der Waals surface area contributed by atoms with Crippen molar-refractivity contribution >= 4 is 11.0 Å². The summed E-state index contributed by atoms with van der Waals surface area (Å²) in [6.07, 6.45) is 0. The molecule has 9 nitrogen and oxygen atoms in total. The molecule has 0 aliphatic rings. The van der Waals surface area contributed by atoms with E-state index in [-0.39, 0.29) is 23.9 Å². The van der Waals surface area contributed by atoms with E-state index < -0.39 is 5.63 Å². The highest BCUT2D eigenvalue weighted by atomic mass is 16.4. The molecule has 0 fully saturated rings. The van der Waals surface area contributed by atoms with Gasteiger partial charge >= 0.3 is 5.63 Å². The predicted octanol–water partition coefficient (Wildman–Crippen LogP) is 2.54. The summed E-state index contributed by atoms with van der Waals surface area (Å²) < 4.78 is 10.9. The smallest absolute Gasteiger partial charge is 0.349 e. The zero-order valence-corrected chi connectivity index (χ0v) is 14.4. The standard InChI is InChI=1S/C19H12N6O3/c26-19-14(10-13-8-4-5-9-15(13)27-19)18-22-20-16(28-18)11-25-23-17(21-24-25)12-6-2-1-3-7-12/h1-10H,11H2. The minimum absolute atomic E-state index is 0.0814. The second kappa shape index (κ2) is 6.54. The van der Waals surface area contributed by atoms with Gasteiger partial charge in [0.2, 0.25) is 11.7 Å². The first kappa shape index (κ1) is 16.1. The van der Waals surface area contributed by atoms with Gasteiger partial charge in [-0.05, 0) is 17.3 Å². The molecule has 0 N–H and O–H groups in total. The van der Waals surface area contributed by atoms with Gasteiger partial charge in [-0.3, -0.25) is 0 Å². The maximum atomic E-state index is 12.2. The van der Waals surface area contributed by atoms with Crippen molar-refractivity contribution in [3.8, 4) is 22.8 Å². The molecule has 0 unspecified atom stereocenters. The van der Waals surface area contributed by atoms with Crippen molar-refractivity contribution in [2.24, 2.45) is 0 Å². The molecule has 5 aromatic rings. The number of aromatic nitrogens is 6. The average Bonchev–Trinajstić information content (AvgIpc) is 3.38. The maximum Gasteiger partial charge on any atom is 0.349 e. The second-order valence-corrected chi connectivity index (χ2v) is 6.00. The van der Waals surface area contributed by atoms with Crippen LogP contribution in [0.15, 0.2) is 74.3 Å². The molecule has 5 rings (SSSR count). The molecule has 0 aliphatic heterocycles. The van der Waals surface area contributed by atoms with E-state index in [4.69, 9.17) is 8.83 Å². The molecule has 0 aliphatic carbocycles. The van der Waals surface area contributed by atoms with Crippen LogP contribution >= 0.6 is 0 Å². The highest BCUT2D eigenvalue weighted by molar-refractivity contribution is 5.79. The largest absolute Gasteiger partial charge is 0.422 e. The summed E-state index contributed by atoms with van der Waals surface area (Å²) >= 11 is 0. The lowest BCUT2D eigenvalue weighted by atomic mass is 10.2. The van der Waals surface area contributed by atoms with E-state index in [0.717, 1.165) is 10.9 Å². The Bertz CT molecular complexity index is 1320. The number of nitrogens with zero attached hydrogens (tertiary/aromatic N) is 6. The second-order valence-electron chi connectivity index (χ2n) is 6.00. The molecule has 0 bridgehead atoms. The molecule has 0 spiro atoms.